The molecule has 0 unspecified atom stereocenters. The van der Waals surface area contributed by atoms with Gasteiger partial charge in [-0.2, -0.15) is 5.10 Å². The molecule has 9 heteroatoms. The van der Waals surface area contributed by atoms with Crippen molar-refractivity contribution in [2.75, 3.05) is 25.1 Å². The number of carbonyl (C=O) groups excluding carboxylic acids is 1. The topological polar surface area (TPSA) is 93.3 Å². The number of methoxy groups -OCH3 is 1. The van der Waals surface area contributed by atoms with Crippen molar-refractivity contribution in [3.8, 4) is 16.9 Å². The molecule has 34 heavy (non-hydrogen) atoms. The fourth-order valence-electron chi connectivity index (χ4n) is 4.60. The van der Waals surface area contributed by atoms with Crippen LogP contribution >= 0.6 is 0 Å². The summed E-state index contributed by atoms with van der Waals surface area (Å²) < 4.78 is 13.4. The minimum absolute atomic E-state index is 0.00926. The van der Waals surface area contributed by atoms with Crippen molar-refractivity contribution in [2.45, 2.75) is 51.6 Å². The lowest BCUT2D eigenvalue weighted by molar-refractivity contribution is 0.175. The molecule has 0 bridgehead atoms. The highest BCUT2D eigenvalue weighted by Crippen LogP contribution is 2.43. The van der Waals surface area contributed by atoms with E-state index in [9.17, 15) is 4.79 Å². The predicted octanol–water partition coefficient (Wildman–Crippen LogP) is 4.35. The van der Waals surface area contributed by atoms with E-state index in [0.29, 0.717) is 11.8 Å². The zero-order chi connectivity index (χ0) is 24.1. The van der Waals surface area contributed by atoms with E-state index in [0.717, 1.165) is 61.2 Å². The Kier molecular flexibility index (Phi) is 7.42. The fraction of sp³-hybridized carbons (Fsp3) is 0.440. The smallest absolute Gasteiger partial charge is 0.414 e. The number of nitrogens with one attached hydrogen (secondary N) is 1. The van der Waals surface area contributed by atoms with Gasteiger partial charge in [-0.1, -0.05) is 6.08 Å². The van der Waals surface area contributed by atoms with Crippen molar-refractivity contribution in [1.29, 1.82) is 0 Å². The molecule has 9 nitrogen and oxygen atoms in total. The van der Waals surface area contributed by atoms with Gasteiger partial charge >= 0.3 is 12.1 Å². The van der Waals surface area contributed by atoms with Gasteiger partial charge in [-0.15, -0.1) is 0 Å². The number of allylic oxidation sites excluding steroid dienone is 1. The van der Waals surface area contributed by atoms with Gasteiger partial charge in [0.05, 0.1) is 25.0 Å². The van der Waals surface area contributed by atoms with Crippen LogP contribution in [0.2, 0.25) is 0 Å². The summed E-state index contributed by atoms with van der Waals surface area (Å²) in [5.41, 5.74) is 3.49. The predicted molar refractivity (Wildman–Crippen MR) is 134 cm³/mol. The number of aromatic nitrogens is 2. The SMILES string of the molecule is C=NC(=N/C=C\C)Oc1c(-c2cnn(C3CCNCC3)c2)ccc2c1CC[C@H](C)N2C(=O)OC. The molecule has 3 heterocycles. The molecule has 1 amide bonds. The van der Waals surface area contributed by atoms with Crippen LogP contribution in [0.25, 0.3) is 11.1 Å². The fourth-order valence-corrected chi connectivity index (χ4v) is 4.60. The lowest BCUT2D eigenvalue weighted by Crippen LogP contribution is -2.42. The largest absolute Gasteiger partial charge is 0.452 e. The summed E-state index contributed by atoms with van der Waals surface area (Å²) in [4.78, 5) is 22.5. The third-order valence-corrected chi connectivity index (χ3v) is 6.38. The van der Waals surface area contributed by atoms with Crippen molar-refractivity contribution < 1.29 is 14.3 Å². The van der Waals surface area contributed by atoms with E-state index in [1.165, 1.54) is 7.11 Å². The Morgan fingerprint density at radius 2 is 2.09 bits per heavy atom. The molecule has 0 saturated carbocycles. The maximum atomic E-state index is 12.6. The van der Waals surface area contributed by atoms with Gasteiger partial charge in [-0.3, -0.25) is 9.58 Å². The van der Waals surface area contributed by atoms with E-state index in [1.54, 1.807) is 17.2 Å². The number of amidine groups is 1. The van der Waals surface area contributed by atoms with Crippen LogP contribution in [0.5, 0.6) is 5.75 Å². The zero-order valence-electron chi connectivity index (χ0n) is 20.0. The number of anilines is 1. The molecule has 2 aliphatic rings. The third-order valence-electron chi connectivity index (χ3n) is 6.38. The van der Waals surface area contributed by atoms with E-state index in [2.05, 4.69) is 33.3 Å². The van der Waals surface area contributed by atoms with Crippen LogP contribution < -0.4 is 15.0 Å². The first-order valence-electron chi connectivity index (χ1n) is 11.7. The maximum absolute atomic E-state index is 12.6. The monoisotopic (exact) mass is 464 g/mol. The van der Waals surface area contributed by atoms with E-state index >= 15 is 0 Å². The molecule has 2 aromatic rings. The molecule has 1 saturated heterocycles. The molecule has 4 rings (SSSR count). The highest BCUT2D eigenvalue weighted by atomic mass is 16.5. The van der Waals surface area contributed by atoms with Crippen molar-refractivity contribution in [2.24, 2.45) is 9.98 Å². The van der Waals surface area contributed by atoms with Crippen LogP contribution in [-0.4, -0.2) is 54.9 Å². The molecular formula is C25H32N6O3. The Balaban J connectivity index is 1.81. The molecule has 1 aromatic carbocycles. The summed E-state index contributed by atoms with van der Waals surface area (Å²) in [6.07, 6.45) is 10.5. The number of carbonyl (C=O) groups is 1. The summed E-state index contributed by atoms with van der Waals surface area (Å²) in [7, 11) is 1.40. The summed E-state index contributed by atoms with van der Waals surface area (Å²) in [5.74, 6) is 0.610. The number of benzene rings is 1. The molecule has 0 aliphatic carbocycles. The number of nitrogens with zero attached hydrogens (tertiary/aromatic N) is 5. The highest BCUT2D eigenvalue weighted by molar-refractivity contribution is 5.93. The van der Waals surface area contributed by atoms with Crippen LogP contribution in [0, 0.1) is 0 Å². The Morgan fingerprint density at radius 3 is 2.79 bits per heavy atom. The van der Waals surface area contributed by atoms with Crippen molar-refractivity contribution >= 4 is 24.5 Å². The van der Waals surface area contributed by atoms with Gasteiger partial charge in [-0.05, 0) is 71.5 Å². The third kappa shape index (κ3) is 4.75. The van der Waals surface area contributed by atoms with Gasteiger partial charge < -0.3 is 14.8 Å². The second-order valence-electron chi connectivity index (χ2n) is 8.51. The standard InChI is InChI=1S/C25H32N6O3/c1-5-12-28-24(26-3)34-23-20(18-15-29-30(16-18)19-10-13-27-14-11-19)8-9-22-21(23)7-6-17(2)31(22)25(32)33-4/h5,8-9,12,15-17,19,27H,3,6-7,10-11,13-14H2,1-2,4H3/b12-5-,28-24?/t17-/m0/s1. The lowest BCUT2D eigenvalue weighted by Gasteiger charge is -2.35. The van der Waals surface area contributed by atoms with E-state index < -0.39 is 6.09 Å². The quantitative estimate of drug-likeness (QED) is 0.536. The van der Waals surface area contributed by atoms with Crippen LogP contribution in [0.1, 0.15) is 44.7 Å². The summed E-state index contributed by atoms with van der Waals surface area (Å²) in [6, 6.07) is 4.43. The average Bonchev–Trinajstić information content (AvgIpc) is 3.36. The van der Waals surface area contributed by atoms with Gasteiger partial charge in [0.2, 0.25) is 0 Å². The highest BCUT2D eigenvalue weighted by Gasteiger charge is 2.32. The van der Waals surface area contributed by atoms with Gasteiger partial charge in [0.25, 0.3) is 0 Å². The number of hydrogen-bond donors (Lipinski definition) is 1. The number of hydrogen-bond acceptors (Lipinski definition) is 6. The number of piperidine rings is 1. The van der Waals surface area contributed by atoms with Crippen molar-refractivity contribution in [3.05, 3.63) is 42.4 Å². The van der Waals surface area contributed by atoms with Crippen LogP contribution in [0.15, 0.2) is 46.8 Å². The van der Waals surface area contributed by atoms with Crippen molar-refractivity contribution in [1.82, 2.24) is 15.1 Å². The van der Waals surface area contributed by atoms with Gasteiger partial charge in [0.15, 0.2) is 0 Å². The molecule has 1 N–H and O–H groups in total. The molecule has 0 spiro atoms. The first-order valence-corrected chi connectivity index (χ1v) is 11.7. The number of rotatable bonds is 4. The first-order chi connectivity index (χ1) is 16.6. The van der Waals surface area contributed by atoms with Gasteiger partial charge in [0, 0.05) is 35.1 Å². The summed E-state index contributed by atoms with van der Waals surface area (Å²) in [6.45, 7) is 9.47. The maximum Gasteiger partial charge on any atom is 0.414 e. The van der Waals surface area contributed by atoms with Crippen LogP contribution in [-0.2, 0) is 11.2 Å². The Labute approximate surface area is 200 Å². The summed E-state index contributed by atoms with van der Waals surface area (Å²) in [5, 5.41) is 8.05. The van der Waals surface area contributed by atoms with Gasteiger partial charge in [-0.25, -0.2) is 14.8 Å². The number of amides is 1. The number of aliphatic imine (C=N–C) groups is 2. The second kappa shape index (κ2) is 10.6. The minimum atomic E-state index is -0.393. The molecule has 1 atom stereocenters. The zero-order valence-corrected chi connectivity index (χ0v) is 20.0. The minimum Gasteiger partial charge on any atom is -0.452 e. The molecule has 180 valence electrons. The first kappa shape index (κ1) is 23.7. The van der Waals surface area contributed by atoms with Crippen LogP contribution in [0.4, 0.5) is 10.5 Å². The Hall–Kier alpha value is -3.46. The van der Waals surface area contributed by atoms with E-state index in [1.807, 2.05) is 36.9 Å². The Bertz CT molecular complexity index is 1100. The average molecular weight is 465 g/mol. The molecule has 2 aliphatic heterocycles. The number of fused-ring (bicyclic) bond motifs is 1. The van der Waals surface area contributed by atoms with Crippen LogP contribution in [0.3, 0.4) is 0 Å². The van der Waals surface area contributed by atoms with Crippen molar-refractivity contribution in [3.63, 3.8) is 0 Å². The normalized spacial score (nSPS) is 19.2. The molecule has 0 radical (unpaired) electrons. The molecular weight excluding hydrogens is 432 g/mol. The van der Waals surface area contributed by atoms with E-state index in [4.69, 9.17) is 9.47 Å². The molecule has 1 aromatic heterocycles. The lowest BCUT2D eigenvalue weighted by atomic mass is 9.92. The van der Waals surface area contributed by atoms with Gasteiger partial charge in [0.1, 0.15) is 5.75 Å². The number of ether oxygens (including phenoxy) is 2. The molecule has 1 fully saturated rings. The summed E-state index contributed by atoms with van der Waals surface area (Å²) >= 11 is 0. The van der Waals surface area contributed by atoms with E-state index in [-0.39, 0.29) is 12.1 Å². The second-order valence-corrected chi connectivity index (χ2v) is 8.51. The Morgan fingerprint density at radius 1 is 1.29 bits per heavy atom.